The molecule has 1 N–H and O–H groups in total. The van der Waals surface area contributed by atoms with Crippen molar-refractivity contribution in [1.29, 1.82) is 0 Å². The summed E-state index contributed by atoms with van der Waals surface area (Å²) in [5.74, 6) is 0. The molecule has 0 unspecified atom stereocenters. The minimum atomic E-state index is -0.141. The van der Waals surface area contributed by atoms with E-state index < -0.39 is 0 Å². The van der Waals surface area contributed by atoms with E-state index in [0.29, 0.717) is 6.04 Å². The Morgan fingerprint density at radius 2 is 1.79 bits per heavy atom. The molecule has 0 bridgehead atoms. The SMILES string of the molecule is CC(C)(C)c1ccc(C2=NOC3(CCN(C(=S)NC4CCCC4)CC3)C2)cc1. The van der Waals surface area contributed by atoms with Crippen molar-refractivity contribution in [2.75, 3.05) is 13.1 Å². The predicted octanol–water partition coefficient (Wildman–Crippen LogP) is 4.76. The van der Waals surface area contributed by atoms with Crippen LogP contribution in [-0.4, -0.2) is 40.5 Å². The molecule has 1 spiro atoms. The Hall–Kier alpha value is -1.62. The lowest BCUT2D eigenvalue weighted by atomic mass is 9.84. The zero-order chi connectivity index (χ0) is 19.8. The standard InChI is InChI=1S/C23H33N3OS/c1-22(2,3)18-10-8-17(9-11-18)20-16-23(27-25-20)12-14-26(15-13-23)21(28)24-19-6-4-5-7-19/h8-11,19H,4-7,12-16H2,1-3H3,(H,24,28). The van der Waals surface area contributed by atoms with Crippen molar-refractivity contribution in [2.24, 2.45) is 5.16 Å². The molecule has 0 atom stereocenters. The van der Waals surface area contributed by atoms with E-state index in [2.05, 4.69) is 60.4 Å². The first-order chi connectivity index (χ1) is 13.3. The number of nitrogens with one attached hydrogen (secondary N) is 1. The first kappa shape index (κ1) is 19.7. The second-order valence-corrected chi connectivity index (χ2v) is 10.1. The fourth-order valence-corrected chi connectivity index (χ4v) is 4.91. The van der Waals surface area contributed by atoms with E-state index >= 15 is 0 Å². The summed E-state index contributed by atoms with van der Waals surface area (Å²) < 4.78 is 0. The number of benzene rings is 1. The molecule has 2 fully saturated rings. The molecule has 4 rings (SSSR count). The quantitative estimate of drug-likeness (QED) is 0.728. The second-order valence-electron chi connectivity index (χ2n) is 9.73. The fourth-order valence-electron chi connectivity index (χ4n) is 4.56. The van der Waals surface area contributed by atoms with Crippen LogP contribution in [-0.2, 0) is 10.3 Å². The first-order valence-electron chi connectivity index (χ1n) is 10.8. The summed E-state index contributed by atoms with van der Waals surface area (Å²) >= 11 is 5.66. The number of thiocarbonyl (C=S) groups is 1. The van der Waals surface area contributed by atoms with Gasteiger partial charge in [0.15, 0.2) is 5.11 Å². The summed E-state index contributed by atoms with van der Waals surface area (Å²) in [4.78, 5) is 8.32. The number of oxime groups is 1. The van der Waals surface area contributed by atoms with Gasteiger partial charge in [0, 0.05) is 38.4 Å². The summed E-state index contributed by atoms with van der Waals surface area (Å²) in [5, 5.41) is 8.97. The van der Waals surface area contributed by atoms with Crippen LogP contribution in [0.2, 0.25) is 0 Å². The third-order valence-corrected chi connectivity index (χ3v) is 6.94. The van der Waals surface area contributed by atoms with Crippen molar-refractivity contribution < 1.29 is 4.84 Å². The Bertz CT molecular complexity index is 736. The van der Waals surface area contributed by atoms with Crippen LogP contribution in [0.1, 0.15) is 76.8 Å². The maximum absolute atomic E-state index is 6.01. The Labute approximate surface area is 174 Å². The van der Waals surface area contributed by atoms with E-state index in [-0.39, 0.29) is 11.0 Å². The minimum absolute atomic E-state index is 0.141. The van der Waals surface area contributed by atoms with Crippen molar-refractivity contribution in [3.63, 3.8) is 0 Å². The molecule has 4 nitrogen and oxygen atoms in total. The van der Waals surface area contributed by atoms with E-state index in [4.69, 9.17) is 17.1 Å². The van der Waals surface area contributed by atoms with Crippen LogP contribution in [0.5, 0.6) is 0 Å². The third kappa shape index (κ3) is 4.19. The highest BCUT2D eigenvalue weighted by Crippen LogP contribution is 2.36. The topological polar surface area (TPSA) is 36.9 Å². The van der Waals surface area contributed by atoms with Crippen molar-refractivity contribution in [3.05, 3.63) is 35.4 Å². The lowest BCUT2D eigenvalue weighted by Crippen LogP contribution is -2.51. The monoisotopic (exact) mass is 399 g/mol. The normalized spacial score (nSPS) is 22.2. The summed E-state index contributed by atoms with van der Waals surface area (Å²) in [7, 11) is 0. The van der Waals surface area contributed by atoms with E-state index in [1.807, 2.05) is 0 Å². The zero-order valence-electron chi connectivity index (χ0n) is 17.5. The van der Waals surface area contributed by atoms with Crippen LogP contribution in [0.25, 0.3) is 0 Å². The molecule has 1 aromatic carbocycles. The molecule has 152 valence electrons. The number of likely N-dealkylation sites (tertiary alicyclic amines) is 1. The fraction of sp³-hybridized carbons (Fsp3) is 0.652. The lowest BCUT2D eigenvalue weighted by Gasteiger charge is -2.39. The highest BCUT2D eigenvalue weighted by atomic mass is 32.1. The number of rotatable bonds is 2. The van der Waals surface area contributed by atoms with Crippen LogP contribution >= 0.6 is 12.2 Å². The van der Waals surface area contributed by atoms with Gasteiger partial charge in [0.2, 0.25) is 0 Å². The van der Waals surface area contributed by atoms with Gasteiger partial charge in [-0.1, -0.05) is 63.0 Å². The summed E-state index contributed by atoms with van der Waals surface area (Å²) in [5.41, 5.74) is 3.65. The minimum Gasteiger partial charge on any atom is -0.388 e. The van der Waals surface area contributed by atoms with Crippen molar-refractivity contribution >= 4 is 23.0 Å². The molecule has 1 saturated carbocycles. The summed E-state index contributed by atoms with van der Waals surface area (Å²) in [6.07, 6.45) is 8.03. The van der Waals surface area contributed by atoms with Gasteiger partial charge in [-0.25, -0.2) is 0 Å². The van der Waals surface area contributed by atoms with Gasteiger partial charge in [0.05, 0.1) is 5.71 Å². The highest BCUT2D eigenvalue weighted by Gasteiger charge is 2.42. The Morgan fingerprint density at radius 1 is 1.14 bits per heavy atom. The molecular formula is C23H33N3OS. The van der Waals surface area contributed by atoms with Gasteiger partial charge >= 0.3 is 0 Å². The average Bonchev–Trinajstić information content (AvgIpc) is 3.32. The van der Waals surface area contributed by atoms with E-state index in [0.717, 1.165) is 43.2 Å². The maximum atomic E-state index is 6.01. The Kier molecular flexibility index (Phi) is 5.38. The molecule has 1 aliphatic carbocycles. The molecule has 5 heteroatoms. The maximum Gasteiger partial charge on any atom is 0.169 e. The predicted molar refractivity (Wildman–Crippen MR) is 119 cm³/mol. The highest BCUT2D eigenvalue weighted by molar-refractivity contribution is 7.80. The van der Waals surface area contributed by atoms with E-state index in [9.17, 15) is 0 Å². The third-order valence-electron chi connectivity index (χ3n) is 6.57. The van der Waals surface area contributed by atoms with Crippen molar-refractivity contribution in [3.8, 4) is 0 Å². The Balaban J connectivity index is 1.32. The molecule has 28 heavy (non-hydrogen) atoms. The first-order valence-corrected chi connectivity index (χ1v) is 11.2. The van der Waals surface area contributed by atoms with Crippen molar-refractivity contribution in [2.45, 2.75) is 82.8 Å². The Morgan fingerprint density at radius 3 is 2.39 bits per heavy atom. The molecule has 1 saturated heterocycles. The van der Waals surface area contributed by atoms with Crippen molar-refractivity contribution in [1.82, 2.24) is 10.2 Å². The van der Waals surface area contributed by atoms with Crippen LogP contribution in [0.15, 0.2) is 29.4 Å². The number of hydrogen-bond acceptors (Lipinski definition) is 3. The summed E-state index contributed by atoms with van der Waals surface area (Å²) in [6, 6.07) is 9.41. The molecule has 3 aliphatic rings. The number of hydrogen-bond donors (Lipinski definition) is 1. The molecule has 0 amide bonds. The summed E-state index contributed by atoms with van der Waals surface area (Å²) in [6.45, 7) is 8.63. The molecule has 2 aliphatic heterocycles. The van der Waals surface area contributed by atoms with Crippen LogP contribution in [0, 0.1) is 0 Å². The van der Waals surface area contributed by atoms with Gasteiger partial charge in [0.1, 0.15) is 5.60 Å². The smallest absolute Gasteiger partial charge is 0.169 e. The molecule has 0 aromatic heterocycles. The molecule has 2 heterocycles. The van der Waals surface area contributed by atoms with Crippen LogP contribution in [0.3, 0.4) is 0 Å². The van der Waals surface area contributed by atoms with Gasteiger partial charge < -0.3 is 15.1 Å². The van der Waals surface area contributed by atoms with E-state index in [1.54, 1.807) is 0 Å². The number of piperidine rings is 1. The van der Waals surface area contributed by atoms with Gasteiger partial charge in [-0.15, -0.1) is 0 Å². The largest absolute Gasteiger partial charge is 0.388 e. The molecule has 1 aromatic rings. The zero-order valence-corrected chi connectivity index (χ0v) is 18.3. The second kappa shape index (κ2) is 7.66. The van der Waals surface area contributed by atoms with Gasteiger partial charge in [-0.3, -0.25) is 0 Å². The van der Waals surface area contributed by atoms with Gasteiger partial charge in [-0.05, 0) is 41.6 Å². The average molecular weight is 400 g/mol. The van der Waals surface area contributed by atoms with E-state index in [1.165, 1.54) is 36.8 Å². The van der Waals surface area contributed by atoms with Gasteiger partial charge in [0.25, 0.3) is 0 Å². The van der Waals surface area contributed by atoms with Crippen LogP contribution in [0.4, 0.5) is 0 Å². The molecular weight excluding hydrogens is 366 g/mol. The van der Waals surface area contributed by atoms with Crippen LogP contribution < -0.4 is 5.32 Å². The van der Waals surface area contributed by atoms with Gasteiger partial charge in [-0.2, -0.15) is 0 Å². The molecule has 0 radical (unpaired) electrons. The lowest BCUT2D eigenvalue weighted by molar-refractivity contribution is -0.0524. The number of nitrogens with zero attached hydrogens (tertiary/aromatic N) is 2.